The van der Waals surface area contributed by atoms with Crippen molar-refractivity contribution in [3.05, 3.63) is 29.7 Å². The van der Waals surface area contributed by atoms with Gasteiger partial charge in [0.15, 0.2) is 5.65 Å². The number of nitrogens with zero attached hydrogens (tertiary/aromatic N) is 3. The Kier molecular flexibility index (Phi) is 3.83. The summed E-state index contributed by atoms with van der Waals surface area (Å²) in [7, 11) is 0. The van der Waals surface area contributed by atoms with Gasteiger partial charge in [0, 0.05) is 37.1 Å². The molecule has 2 aromatic rings. The van der Waals surface area contributed by atoms with Gasteiger partial charge in [-0.15, -0.1) is 0 Å². The molecule has 0 spiro atoms. The summed E-state index contributed by atoms with van der Waals surface area (Å²) in [5.41, 5.74) is 2.41. The first-order chi connectivity index (χ1) is 8.56. The minimum Gasteiger partial charge on any atom is -0.386 e. The van der Waals surface area contributed by atoms with E-state index in [9.17, 15) is 8.78 Å². The predicted molar refractivity (Wildman–Crippen MR) is 61.4 cm³/mol. The minimum atomic E-state index is -2.73. The van der Waals surface area contributed by atoms with Crippen LogP contribution >= 0.6 is 0 Å². The van der Waals surface area contributed by atoms with E-state index in [1.165, 1.54) is 0 Å². The fraction of sp³-hybridized carbons (Fsp3) is 0.455. The molecule has 2 aromatic heterocycles. The highest BCUT2D eigenvalue weighted by atomic mass is 19.3. The lowest BCUT2D eigenvalue weighted by atomic mass is 10.3. The smallest absolute Gasteiger partial charge is 0.265 e. The number of aliphatic hydroxyl groups is 1. The number of alkyl halides is 2. The Balaban J connectivity index is 1.95. The Labute approximate surface area is 102 Å². The van der Waals surface area contributed by atoms with E-state index in [0.29, 0.717) is 6.54 Å². The third kappa shape index (κ3) is 2.99. The molecule has 0 aromatic carbocycles. The van der Waals surface area contributed by atoms with Gasteiger partial charge in [-0.2, -0.15) is 5.10 Å². The number of fused-ring (bicyclic) bond motifs is 1. The fourth-order valence-electron chi connectivity index (χ4n) is 1.58. The van der Waals surface area contributed by atoms with Gasteiger partial charge in [0.05, 0.1) is 5.69 Å². The minimum absolute atomic E-state index is 0.159. The van der Waals surface area contributed by atoms with E-state index >= 15 is 0 Å². The number of aliphatic hydroxyl groups excluding tert-OH is 1. The fourth-order valence-corrected chi connectivity index (χ4v) is 1.58. The van der Waals surface area contributed by atoms with Crippen molar-refractivity contribution >= 4 is 5.65 Å². The maximum atomic E-state index is 12.0. The molecule has 0 aliphatic carbocycles. The van der Waals surface area contributed by atoms with E-state index in [2.05, 4.69) is 15.4 Å². The first kappa shape index (κ1) is 12.8. The van der Waals surface area contributed by atoms with Gasteiger partial charge in [-0.1, -0.05) is 0 Å². The molecule has 18 heavy (non-hydrogen) atoms. The molecule has 2 heterocycles. The normalized spacial score (nSPS) is 13.4. The third-order valence-electron chi connectivity index (χ3n) is 2.46. The lowest BCUT2D eigenvalue weighted by Crippen LogP contribution is -2.31. The maximum Gasteiger partial charge on any atom is 0.265 e. The van der Waals surface area contributed by atoms with Gasteiger partial charge >= 0.3 is 0 Å². The van der Waals surface area contributed by atoms with Gasteiger partial charge in [-0.3, -0.25) is 0 Å². The van der Waals surface area contributed by atoms with Gasteiger partial charge in [0.2, 0.25) is 0 Å². The van der Waals surface area contributed by atoms with Gasteiger partial charge in [-0.05, 0) is 6.92 Å². The van der Waals surface area contributed by atoms with Crippen LogP contribution in [-0.2, 0) is 6.54 Å². The van der Waals surface area contributed by atoms with Crippen LogP contribution in [0.1, 0.15) is 11.3 Å². The van der Waals surface area contributed by atoms with E-state index in [4.69, 9.17) is 5.11 Å². The second-order valence-electron chi connectivity index (χ2n) is 4.08. The Morgan fingerprint density at radius 2 is 2.28 bits per heavy atom. The molecule has 2 rings (SSSR count). The first-order valence-electron chi connectivity index (χ1n) is 5.54. The van der Waals surface area contributed by atoms with E-state index in [-0.39, 0.29) is 6.54 Å². The molecule has 0 saturated carbocycles. The van der Waals surface area contributed by atoms with Crippen LogP contribution in [0, 0.1) is 6.92 Å². The van der Waals surface area contributed by atoms with Crippen LogP contribution in [0.2, 0.25) is 0 Å². The van der Waals surface area contributed by atoms with Crippen LogP contribution in [0.15, 0.2) is 18.5 Å². The summed E-state index contributed by atoms with van der Waals surface area (Å²) in [5.74, 6) is 0. The summed E-state index contributed by atoms with van der Waals surface area (Å²) >= 11 is 0. The maximum absolute atomic E-state index is 12.0. The van der Waals surface area contributed by atoms with Crippen molar-refractivity contribution < 1.29 is 13.9 Å². The Hall–Kier alpha value is -1.60. The Bertz CT molecular complexity index is 529. The van der Waals surface area contributed by atoms with Crippen LogP contribution in [-0.4, -0.2) is 38.8 Å². The molecule has 0 saturated heterocycles. The van der Waals surface area contributed by atoms with Gasteiger partial charge in [0.1, 0.15) is 6.10 Å². The van der Waals surface area contributed by atoms with E-state index in [1.807, 2.05) is 13.0 Å². The topological polar surface area (TPSA) is 62.5 Å². The van der Waals surface area contributed by atoms with Gasteiger partial charge < -0.3 is 10.4 Å². The monoisotopic (exact) mass is 256 g/mol. The molecular weight excluding hydrogens is 242 g/mol. The van der Waals surface area contributed by atoms with E-state index in [0.717, 1.165) is 16.9 Å². The molecule has 0 radical (unpaired) electrons. The zero-order valence-corrected chi connectivity index (χ0v) is 9.85. The zero-order chi connectivity index (χ0) is 13.1. The highest BCUT2D eigenvalue weighted by molar-refractivity contribution is 5.38. The number of aromatic nitrogens is 3. The third-order valence-corrected chi connectivity index (χ3v) is 2.46. The van der Waals surface area contributed by atoms with Crippen molar-refractivity contribution in [2.75, 3.05) is 6.54 Å². The second kappa shape index (κ2) is 5.36. The van der Waals surface area contributed by atoms with Crippen LogP contribution in [0.4, 0.5) is 8.78 Å². The molecule has 0 aliphatic rings. The summed E-state index contributed by atoms with van der Waals surface area (Å²) in [4.78, 5) is 4.18. The highest BCUT2D eigenvalue weighted by Crippen LogP contribution is 2.05. The lowest BCUT2D eigenvalue weighted by Gasteiger charge is -2.10. The Morgan fingerprint density at radius 3 is 3.00 bits per heavy atom. The zero-order valence-electron chi connectivity index (χ0n) is 9.85. The number of rotatable bonds is 5. The number of aryl methyl sites for hydroxylation is 1. The molecule has 0 aliphatic heterocycles. The number of hydrogen-bond acceptors (Lipinski definition) is 4. The summed E-state index contributed by atoms with van der Waals surface area (Å²) < 4.78 is 25.7. The molecule has 98 valence electrons. The van der Waals surface area contributed by atoms with E-state index in [1.54, 1.807) is 16.9 Å². The van der Waals surface area contributed by atoms with Crippen LogP contribution < -0.4 is 5.32 Å². The first-order valence-corrected chi connectivity index (χ1v) is 5.54. The molecule has 0 bridgehead atoms. The quantitative estimate of drug-likeness (QED) is 0.828. The summed E-state index contributed by atoms with van der Waals surface area (Å²) in [6.07, 6.45) is -0.949. The van der Waals surface area contributed by atoms with Crippen molar-refractivity contribution in [1.29, 1.82) is 0 Å². The predicted octanol–water partition coefficient (Wildman–Crippen LogP) is 0.753. The van der Waals surface area contributed by atoms with Crippen molar-refractivity contribution in [1.82, 2.24) is 19.9 Å². The number of hydrogen-bond donors (Lipinski definition) is 2. The Morgan fingerprint density at radius 1 is 1.50 bits per heavy atom. The van der Waals surface area contributed by atoms with Crippen LogP contribution in [0.5, 0.6) is 0 Å². The molecule has 2 N–H and O–H groups in total. The summed E-state index contributed by atoms with van der Waals surface area (Å²) in [5, 5.41) is 15.9. The van der Waals surface area contributed by atoms with Gasteiger partial charge in [-0.25, -0.2) is 18.3 Å². The standard InChI is InChI=1S/C11H14F2N4O/c1-7-2-10-15-4-8(6-17(10)16-7)3-14-5-9(18)11(12)13/h2,4,6,9,11,14,18H,3,5H2,1H3. The average molecular weight is 256 g/mol. The molecule has 1 atom stereocenters. The van der Waals surface area contributed by atoms with Gasteiger partial charge in [0.25, 0.3) is 6.43 Å². The summed E-state index contributed by atoms with van der Waals surface area (Å²) in [6, 6.07) is 1.84. The van der Waals surface area contributed by atoms with Crippen molar-refractivity contribution in [3.63, 3.8) is 0 Å². The van der Waals surface area contributed by atoms with Crippen LogP contribution in [0.25, 0.3) is 5.65 Å². The average Bonchev–Trinajstić information content (AvgIpc) is 2.68. The molecular formula is C11H14F2N4O. The molecule has 0 fully saturated rings. The molecule has 5 nitrogen and oxygen atoms in total. The SMILES string of the molecule is Cc1cc2ncc(CNCC(O)C(F)F)cn2n1. The van der Waals surface area contributed by atoms with Crippen molar-refractivity contribution in [2.45, 2.75) is 26.0 Å². The summed E-state index contributed by atoms with van der Waals surface area (Å²) in [6.45, 7) is 2.06. The number of nitrogens with one attached hydrogen (secondary N) is 1. The number of halogens is 2. The molecule has 0 amide bonds. The second-order valence-corrected chi connectivity index (χ2v) is 4.08. The molecule has 7 heteroatoms. The van der Waals surface area contributed by atoms with Crippen LogP contribution in [0.3, 0.4) is 0 Å². The lowest BCUT2D eigenvalue weighted by molar-refractivity contribution is -0.00341. The molecule has 1 unspecified atom stereocenters. The largest absolute Gasteiger partial charge is 0.386 e. The van der Waals surface area contributed by atoms with Crippen molar-refractivity contribution in [2.24, 2.45) is 0 Å². The highest BCUT2D eigenvalue weighted by Gasteiger charge is 2.15. The van der Waals surface area contributed by atoms with E-state index < -0.39 is 12.5 Å². The van der Waals surface area contributed by atoms with Crippen molar-refractivity contribution in [3.8, 4) is 0 Å².